The second-order valence-electron chi connectivity index (χ2n) is 3.63. The number of fused-ring (bicyclic) bond motifs is 1. The van der Waals surface area contributed by atoms with Crippen molar-refractivity contribution in [2.45, 2.75) is 5.25 Å². The van der Waals surface area contributed by atoms with Crippen molar-refractivity contribution in [3.63, 3.8) is 0 Å². The predicted octanol–water partition coefficient (Wildman–Crippen LogP) is 0.0517. The van der Waals surface area contributed by atoms with Crippen LogP contribution in [0.4, 0.5) is 0 Å². The van der Waals surface area contributed by atoms with Crippen molar-refractivity contribution in [3.8, 4) is 0 Å². The highest BCUT2D eigenvalue weighted by Gasteiger charge is 2.50. The minimum absolute atomic E-state index is 0.0857. The first-order chi connectivity index (χ1) is 8.38. The van der Waals surface area contributed by atoms with Crippen molar-refractivity contribution in [1.82, 2.24) is 0 Å². The van der Waals surface area contributed by atoms with Gasteiger partial charge in [0.15, 0.2) is 0 Å². The number of ketones is 2. The maximum Gasteiger partial charge on any atom is 0.367 e. The number of hydrogen-bond donors (Lipinski definition) is 1. The average Bonchev–Trinajstić information content (AvgIpc) is 2.32. The van der Waals surface area contributed by atoms with Crippen LogP contribution in [0.3, 0.4) is 0 Å². The van der Waals surface area contributed by atoms with E-state index in [1.54, 1.807) is 0 Å². The lowest BCUT2D eigenvalue weighted by atomic mass is 9.88. The summed E-state index contributed by atoms with van der Waals surface area (Å²) in [4.78, 5) is 25.7. The van der Waals surface area contributed by atoms with Gasteiger partial charge < -0.3 is 5.53 Å². The molecule has 0 saturated carbocycles. The summed E-state index contributed by atoms with van der Waals surface area (Å²) in [6.07, 6.45) is 0. The molecule has 1 unspecified atom stereocenters. The number of carbonyl (C=O) groups excluding carboxylic acids is 2. The van der Waals surface area contributed by atoms with E-state index in [1.165, 1.54) is 24.3 Å². The molecule has 92 valence electrons. The molecule has 0 aromatic heterocycles. The summed E-state index contributed by atoms with van der Waals surface area (Å²) >= 11 is 0. The first kappa shape index (κ1) is 12.3. The molecule has 0 spiro atoms. The molecular formula is C10H6N2O5S. The van der Waals surface area contributed by atoms with Crippen LogP contribution in [-0.4, -0.2) is 35.0 Å². The Labute approximate surface area is 101 Å². The fourth-order valence-electron chi connectivity index (χ4n) is 1.84. The number of nitrogens with zero attached hydrogens (tertiary/aromatic N) is 2. The van der Waals surface area contributed by atoms with E-state index < -0.39 is 32.6 Å². The Morgan fingerprint density at radius 3 is 2.33 bits per heavy atom. The standard InChI is InChI=1S/C10H6N2O5S/c11-12-7-9(14)8(13)5-3-1-2-4-6(5)10(7)18(15,16)17/h1-4,10H,(H,15,16,17). The van der Waals surface area contributed by atoms with Crippen LogP contribution in [0.2, 0.25) is 0 Å². The maximum absolute atomic E-state index is 11.6. The Morgan fingerprint density at radius 1 is 1.17 bits per heavy atom. The predicted molar refractivity (Wildman–Crippen MR) is 58.7 cm³/mol. The Kier molecular flexibility index (Phi) is 2.70. The van der Waals surface area contributed by atoms with Crippen LogP contribution in [-0.2, 0) is 14.9 Å². The summed E-state index contributed by atoms with van der Waals surface area (Å²) in [5.41, 5.74) is 7.56. The Hall–Kier alpha value is -2.15. The lowest BCUT2D eigenvalue weighted by molar-refractivity contribution is -0.114. The molecular weight excluding hydrogens is 260 g/mol. The van der Waals surface area contributed by atoms with E-state index in [9.17, 15) is 18.0 Å². The molecule has 0 radical (unpaired) electrons. The second kappa shape index (κ2) is 3.95. The van der Waals surface area contributed by atoms with E-state index in [-0.39, 0.29) is 11.1 Å². The molecule has 0 saturated heterocycles. The highest BCUT2D eigenvalue weighted by molar-refractivity contribution is 7.87. The van der Waals surface area contributed by atoms with E-state index in [4.69, 9.17) is 10.1 Å². The van der Waals surface area contributed by atoms with Crippen LogP contribution >= 0.6 is 0 Å². The molecule has 0 amide bonds. The highest BCUT2D eigenvalue weighted by atomic mass is 32.2. The van der Waals surface area contributed by atoms with Crippen LogP contribution in [0.15, 0.2) is 24.3 Å². The summed E-state index contributed by atoms with van der Waals surface area (Å²) in [5.74, 6) is -2.22. The molecule has 7 nitrogen and oxygen atoms in total. The third-order valence-corrected chi connectivity index (χ3v) is 3.65. The van der Waals surface area contributed by atoms with Gasteiger partial charge in [0, 0.05) is 5.56 Å². The zero-order valence-electron chi connectivity index (χ0n) is 8.77. The molecule has 2 rings (SSSR count). The van der Waals surface area contributed by atoms with Gasteiger partial charge in [-0.05, 0) is 5.56 Å². The first-order valence-corrected chi connectivity index (χ1v) is 6.24. The zero-order chi connectivity index (χ0) is 13.5. The molecule has 1 aliphatic carbocycles. The molecule has 0 fully saturated rings. The van der Waals surface area contributed by atoms with E-state index in [2.05, 4.69) is 4.79 Å². The summed E-state index contributed by atoms with van der Waals surface area (Å²) < 4.78 is 31.7. The monoisotopic (exact) mass is 266 g/mol. The average molecular weight is 266 g/mol. The number of carbonyl (C=O) groups is 2. The van der Waals surface area contributed by atoms with Gasteiger partial charge in [-0.25, -0.2) is 0 Å². The van der Waals surface area contributed by atoms with Gasteiger partial charge in [-0.15, -0.1) is 0 Å². The highest BCUT2D eigenvalue weighted by Crippen LogP contribution is 2.31. The van der Waals surface area contributed by atoms with Gasteiger partial charge in [-0.3, -0.25) is 14.1 Å². The lowest BCUT2D eigenvalue weighted by Crippen LogP contribution is -2.39. The molecule has 1 aromatic carbocycles. The Balaban J connectivity index is 2.87. The summed E-state index contributed by atoms with van der Waals surface area (Å²) in [6.45, 7) is 0. The van der Waals surface area contributed by atoms with Gasteiger partial charge in [0.05, 0.1) is 0 Å². The van der Waals surface area contributed by atoms with Crippen molar-refractivity contribution in [2.75, 3.05) is 0 Å². The number of rotatable bonds is 1. The van der Waals surface area contributed by atoms with Gasteiger partial charge in [-0.1, -0.05) is 24.3 Å². The largest absolute Gasteiger partial charge is 0.367 e. The van der Waals surface area contributed by atoms with Crippen molar-refractivity contribution in [2.24, 2.45) is 0 Å². The van der Waals surface area contributed by atoms with E-state index in [0.717, 1.165) is 0 Å². The third kappa shape index (κ3) is 1.68. The normalized spacial score (nSPS) is 19.4. The SMILES string of the molecule is [N-]=[N+]=C1C(=O)C(=O)c2ccccc2C1S(=O)(=O)O. The molecule has 18 heavy (non-hydrogen) atoms. The molecule has 8 heteroatoms. The number of Topliss-reactive ketones (excluding diaryl/α,β-unsaturated/α-hetero) is 2. The van der Waals surface area contributed by atoms with Crippen molar-refractivity contribution >= 4 is 27.4 Å². The molecule has 1 aliphatic rings. The second-order valence-corrected chi connectivity index (χ2v) is 5.13. The quantitative estimate of drug-likeness (QED) is 0.333. The maximum atomic E-state index is 11.6. The van der Waals surface area contributed by atoms with Crippen molar-refractivity contribution in [1.29, 1.82) is 0 Å². The minimum Gasteiger partial charge on any atom is -0.361 e. The van der Waals surface area contributed by atoms with E-state index in [1.807, 2.05) is 0 Å². The van der Waals surface area contributed by atoms with Gasteiger partial charge in [0.25, 0.3) is 10.1 Å². The molecule has 1 aromatic rings. The number of benzene rings is 1. The van der Waals surface area contributed by atoms with E-state index in [0.29, 0.717) is 0 Å². The van der Waals surface area contributed by atoms with Crippen LogP contribution in [0.5, 0.6) is 0 Å². The van der Waals surface area contributed by atoms with Gasteiger partial charge in [0.2, 0.25) is 11.0 Å². The Morgan fingerprint density at radius 2 is 1.78 bits per heavy atom. The summed E-state index contributed by atoms with van der Waals surface area (Å²) in [6, 6.07) is 5.42. The molecule has 0 bridgehead atoms. The topological polar surface area (TPSA) is 125 Å². The molecule has 0 aliphatic heterocycles. The summed E-state index contributed by atoms with van der Waals surface area (Å²) in [5, 5.41) is -1.84. The van der Waals surface area contributed by atoms with Crippen LogP contribution in [0, 0.1) is 0 Å². The molecule has 0 heterocycles. The fraction of sp³-hybridized carbons (Fsp3) is 0.100. The lowest BCUT2D eigenvalue weighted by Gasteiger charge is -2.17. The van der Waals surface area contributed by atoms with Crippen LogP contribution in [0.25, 0.3) is 5.53 Å². The van der Waals surface area contributed by atoms with Crippen molar-refractivity contribution in [3.05, 3.63) is 40.9 Å². The van der Waals surface area contributed by atoms with Gasteiger partial charge >= 0.3 is 11.5 Å². The minimum atomic E-state index is -4.72. The van der Waals surface area contributed by atoms with Crippen molar-refractivity contribution < 1.29 is 27.3 Å². The van der Waals surface area contributed by atoms with E-state index >= 15 is 0 Å². The number of hydrogen-bond acceptors (Lipinski definition) is 4. The fourth-order valence-corrected chi connectivity index (χ4v) is 2.80. The zero-order valence-corrected chi connectivity index (χ0v) is 9.59. The summed E-state index contributed by atoms with van der Waals surface area (Å²) in [7, 11) is -4.72. The first-order valence-electron chi connectivity index (χ1n) is 4.74. The Bertz CT molecular complexity index is 716. The third-order valence-electron chi connectivity index (χ3n) is 2.58. The van der Waals surface area contributed by atoms with Gasteiger partial charge in [-0.2, -0.15) is 13.2 Å². The van der Waals surface area contributed by atoms with Crippen LogP contribution in [0.1, 0.15) is 21.2 Å². The smallest absolute Gasteiger partial charge is 0.361 e. The molecule has 1 N–H and O–H groups in total. The van der Waals surface area contributed by atoms with Crippen LogP contribution < -0.4 is 0 Å². The molecule has 1 atom stereocenters. The van der Waals surface area contributed by atoms with Gasteiger partial charge in [0.1, 0.15) is 0 Å².